The van der Waals surface area contributed by atoms with Crippen molar-refractivity contribution in [2.45, 2.75) is 39.5 Å². The average molecular weight is 311 g/mol. The number of ether oxygens (including phenoxy) is 1. The van der Waals surface area contributed by atoms with E-state index in [0.717, 1.165) is 18.9 Å². The van der Waals surface area contributed by atoms with Crippen molar-refractivity contribution in [3.63, 3.8) is 0 Å². The summed E-state index contributed by atoms with van der Waals surface area (Å²) >= 11 is 5.95. The molecule has 1 aromatic carbocycles. The lowest BCUT2D eigenvalue weighted by Crippen LogP contribution is -2.11. The van der Waals surface area contributed by atoms with Gasteiger partial charge < -0.3 is 9.84 Å². The van der Waals surface area contributed by atoms with E-state index in [2.05, 4.69) is 13.8 Å². The molecular weight excluding hydrogens is 288 g/mol. The molecule has 0 amide bonds. The van der Waals surface area contributed by atoms with Crippen LogP contribution < -0.4 is 4.74 Å². The number of carboxylic acids is 1. The van der Waals surface area contributed by atoms with Crippen molar-refractivity contribution < 1.29 is 14.6 Å². The second kappa shape index (κ2) is 9.46. The van der Waals surface area contributed by atoms with E-state index in [9.17, 15) is 4.79 Å². The largest absolute Gasteiger partial charge is 0.493 e. The minimum Gasteiger partial charge on any atom is -0.493 e. The second-order valence-corrected chi connectivity index (χ2v) is 5.52. The van der Waals surface area contributed by atoms with Crippen LogP contribution in [0.4, 0.5) is 0 Å². The van der Waals surface area contributed by atoms with Gasteiger partial charge in [-0.05, 0) is 36.6 Å². The molecule has 0 heterocycles. The molecule has 0 aliphatic heterocycles. The van der Waals surface area contributed by atoms with Crippen molar-refractivity contribution in [1.82, 2.24) is 0 Å². The van der Waals surface area contributed by atoms with E-state index in [1.807, 2.05) is 0 Å². The van der Waals surface area contributed by atoms with Crippen molar-refractivity contribution in [2.75, 3.05) is 6.61 Å². The summed E-state index contributed by atoms with van der Waals surface area (Å²) in [4.78, 5) is 10.6. The number of hydrogen-bond donors (Lipinski definition) is 1. The molecule has 1 unspecified atom stereocenters. The topological polar surface area (TPSA) is 46.5 Å². The predicted octanol–water partition coefficient (Wildman–Crippen LogP) is 5.03. The van der Waals surface area contributed by atoms with Gasteiger partial charge in [0.2, 0.25) is 0 Å². The number of unbranched alkanes of at least 4 members (excludes halogenated alkanes) is 1. The van der Waals surface area contributed by atoms with E-state index in [-0.39, 0.29) is 0 Å². The molecule has 4 heteroatoms. The molecule has 0 saturated carbocycles. The van der Waals surface area contributed by atoms with Crippen molar-refractivity contribution >= 4 is 23.6 Å². The second-order valence-electron chi connectivity index (χ2n) is 5.08. The molecule has 21 heavy (non-hydrogen) atoms. The number of hydrogen-bond acceptors (Lipinski definition) is 2. The highest BCUT2D eigenvalue weighted by Gasteiger charge is 2.09. The Bertz CT molecular complexity index is 483. The summed E-state index contributed by atoms with van der Waals surface area (Å²) in [5.41, 5.74) is 0.690. The number of aliphatic carboxylic acids is 1. The van der Waals surface area contributed by atoms with E-state index < -0.39 is 5.97 Å². The van der Waals surface area contributed by atoms with Crippen LogP contribution in [-0.4, -0.2) is 17.7 Å². The Kier molecular flexibility index (Phi) is 7.91. The van der Waals surface area contributed by atoms with Crippen molar-refractivity contribution in [3.05, 3.63) is 34.9 Å². The van der Waals surface area contributed by atoms with Gasteiger partial charge in [0.1, 0.15) is 5.75 Å². The zero-order valence-electron chi connectivity index (χ0n) is 12.6. The van der Waals surface area contributed by atoms with Gasteiger partial charge in [-0.3, -0.25) is 0 Å². The Labute approximate surface area is 131 Å². The molecule has 1 rings (SSSR count). The lowest BCUT2D eigenvalue weighted by atomic mass is 10.0. The monoisotopic (exact) mass is 310 g/mol. The Hall–Kier alpha value is -1.48. The Morgan fingerprint density at radius 1 is 1.43 bits per heavy atom. The lowest BCUT2D eigenvalue weighted by molar-refractivity contribution is -0.131. The molecule has 3 nitrogen and oxygen atoms in total. The number of benzene rings is 1. The molecule has 0 aliphatic carbocycles. The maximum absolute atomic E-state index is 10.6. The van der Waals surface area contributed by atoms with Gasteiger partial charge in [0.05, 0.1) is 6.61 Å². The summed E-state index contributed by atoms with van der Waals surface area (Å²) in [6.45, 7) is 4.99. The third-order valence-corrected chi connectivity index (χ3v) is 3.63. The van der Waals surface area contributed by atoms with Crippen LogP contribution in [-0.2, 0) is 4.79 Å². The first-order chi connectivity index (χ1) is 10.1. The number of halogens is 1. The zero-order chi connectivity index (χ0) is 15.7. The van der Waals surface area contributed by atoms with Gasteiger partial charge in [0, 0.05) is 16.7 Å². The van der Waals surface area contributed by atoms with Crippen molar-refractivity contribution in [2.24, 2.45) is 5.92 Å². The fraction of sp³-hybridized carbons (Fsp3) is 0.471. The van der Waals surface area contributed by atoms with Crippen molar-refractivity contribution in [3.8, 4) is 5.75 Å². The van der Waals surface area contributed by atoms with Crippen LogP contribution in [0.25, 0.3) is 6.08 Å². The minimum atomic E-state index is -0.990. The van der Waals surface area contributed by atoms with Crippen molar-refractivity contribution in [1.29, 1.82) is 0 Å². The Morgan fingerprint density at radius 2 is 2.19 bits per heavy atom. The van der Waals surface area contributed by atoms with Gasteiger partial charge in [-0.2, -0.15) is 0 Å². The maximum atomic E-state index is 10.6. The van der Waals surface area contributed by atoms with E-state index >= 15 is 0 Å². The fourth-order valence-corrected chi connectivity index (χ4v) is 2.23. The molecule has 1 atom stereocenters. The van der Waals surface area contributed by atoms with Crippen LogP contribution >= 0.6 is 11.6 Å². The summed E-state index contributed by atoms with van der Waals surface area (Å²) in [7, 11) is 0. The summed E-state index contributed by atoms with van der Waals surface area (Å²) in [6, 6.07) is 5.25. The Morgan fingerprint density at radius 3 is 2.81 bits per heavy atom. The molecule has 116 valence electrons. The van der Waals surface area contributed by atoms with Gasteiger partial charge in [0.25, 0.3) is 0 Å². The number of carbonyl (C=O) groups is 1. The van der Waals surface area contributed by atoms with Crippen LogP contribution in [0.5, 0.6) is 5.75 Å². The van der Waals surface area contributed by atoms with Gasteiger partial charge in [-0.15, -0.1) is 0 Å². The van der Waals surface area contributed by atoms with Crippen LogP contribution in [0.1, 0.15) is 45.1 Å². The third-order valence-electron chi connectivity index (χ3n) is 3.40. The van der Waals surface area contributed by atoms with E-state index in [1.54, 1.807) is 18.2 Å². The summed E-state index contributed by atoms with van der Waals surface area (Å²) < 4.78 is 5.87. The fourth-order valence-electron chi connectivity index (χ4n) is 2.05. The molecule has 1 aromatic rings. The average Bonchev–Trinajstić information content (AvgIpc) is 2.46. The first kappa shape index (κ1) is 17.6. The smallest absolute Gasteiger partial charge is 0.328 e. The standard InChI is InChI=1S/C17H23ClO3/c1-3-5-6-13(4-2)12-21-16-9-8-15(18)11-14(16)7-10-17(19)20/h7-11,13H,3-6,12H2,1-2H3,(H,19,20). The first-order valence-electron chi connectivity index (χ1n) is 7.40. The zero-order valence-corrected chi connectivity index (χ0v) is 13.4. The number of rotatable bonds is 9. The quantitative estimate of drug-likeness (QED) is 0.650. The van der Waals surface area contributed by atoms with E-state index in [1.165, 1.54) is 18.9 Å². The summed E-state index contributed by atoms with van der Waals surface area (Å²) in [5.74, 6) is 0.207. The lowest BCUT2D eigenvalue weighted by Gasteiger charge is -2.17. The molecule has 0 bridgehead atoms. The van der Waals surface area contributed by atoms with Crippen LogP contribution in [0.2, 0.25) is 5.02 Å². The van der Waals surface area contributed by atoms with E-state index in [0.29, 0.717) is 28.9 Å². The van der Waals surface area contributed by atoms with Crippen LogP contribution in [0.15, 0.2) is 24.3 Å². The van der Waals surface area contributed by atoms with E-state index in [4.69, 9.17) is 21.4 Å². The molecule has 1 N–H and O–H groups in total. The molecule has 0 saturated heterocycles. The molecule has 0 fully saturated rings. The van der Waals surface area contributed by atoms with Gasteiger partial charge in [-0.1, -0.05) is 44.7 Å². The predicted molar refractivity (Wildman–Crippen MR) is 86.9 cm³/mol. The van der Waals surface area contributed by atoms with Crippen LogP contribution in [0.3, 0.4) is 0 Å². The minimum absolute atomic E-state index is 0.525. The summed E-state index contributed by atoms with van der Waals surface area (Å²) in [6.07, 6.45) is 7.22. The molecule has 0 aromatic heterocycles. The van der Waals surface area contributed by atoms with Gasteiger partial charge >= 0.3 is 5.97 Å². The molecule has 0 radical (unpaired) electrons. The highest BCUT2D eigenvalue weighted by Crippen LogP contribution is 2.25. The SMILES string of the molecule is CCCCC(CC)COc1ccc(Cl)cc1C=CC(=O)O. The Balaban J connectivity index is 2.75. The highest BCUT2D eigenvalue weighted by molar-refractivity contribution is 6.30. The van der Waals surface area contributed by atoms with Gasteiger partial charge in [-0.25, -0.2) is 4.79 Å². The third kappa shape index (κ3) is 6.67. The summed E-state index contributed by atoms with van der Waals surface area (Å²) in [5, 5.41) is 9.29. The normalized spacial score (nSPS) is 12.5. The maximum Gasteiger partial charge on any atom is 0.328 e. The van der Waals surface area contributed by atoms with Crippen LogP contribution in [0, 0.1) is 5.92 Å². The molecule has 0 spiro atoms. The number of carboxylic acid groups (broad SMARTS) is 1. The molecule has 0 aliphatic rings. The highest BCUT2D eigenvalue weighted by atomic mass is 35.5. The first-order valence-corrected chi connectivity index (χ1v) is 7.78. The van der Waals surface area contributed by atoms with Gasteiger partial charge in [0.15, 0.2) is 0 Å². The molecular formula is C17H23ClO3.